The molecule has 0 aliphatic heterocycles. The van der Waals surface area contributed by atoms with Crippen molar-refractivity contribution in [3.05, 3.63) is 89.0 Å². The first-order valence-electron chi connectivity index (χ1n) is 10.6. The SMILES string of the molecule is CCOc1ccc2nc(N(Cc3ccccc3)C(=O)c3cc(C(F)(F)F)cc(C(F)(F)F)c3)sc2c1. The summed E-state index contributed by atoms with van der Waals surface area (Å²) in [5.74, 6) is -0.478. The average molecular weight is 524 g/mol. The van der Waals surface area contributed by atoms with Crippen molar-refractivity contribution in [1.29, 1.82) is 0 Å². The molecule has 4 nitrogen and oxygen atoms in total. The Labute approximate surface area is 205 Å². The van der Waals surface area contributed by atoms with Crippen LogP contribution in [0.4, 0.5) is 31.5 Å². The van der Waals surface area contributed by atoms with Crippen LogP contribution in [0.25, 0.3) is 10.2 Å². The highest BCUT2D eigenvalue weighted by molar-refractivity contribution is 7.22. The molecule has 0 saturated heterocycles. The number of benzene rings is 3. The summed E-state index contributed by atoms with van der Waals surface area (Å²) in [5, 5.41) is 0.124. The molecule has 36 heavy (non-hydrogen) atoms. The number of amides is 1. The summed E-state index contributed by atoms with van der Waals surface area (Å²) < 4.78 is 86.5. The molecule has 4 rings (SSSR count). The number of hydrogen-bond acceptors (Lipinski definition) is 4. The third kappa shape index (κ3) is 5.62. The van der Waals surface area contributed by atoms with Gasteiger partial charge in [-0.3, -0.25) is 9.69 Å². The smallest absolute Gasteiger partial charge is 0.416 e. The van der Waals surface area contributed by atoms with Gasteiger partial charge in [0.05, 0.1) is 34.5 Å². The van der Waals surface area contributed by atoms with Crippen LogP contribution in [0.5, 0.6) is 5.75 Å². The normalized spacial score (nSPS) is 12.1. The van der Waals surface area contributed by atoms with Crippen LogP contribution in [-0.4, -0.2) is 17.5 Å². The van der Waals surface area contributed by atoms with E-state index in [-0.39, 0.29) is 17.7 Å². The molecule has 0 radical (unpaired) electrons. The van der Waals surface area contributed by atoms with Gasteiger partial charge in [-0.05, 0) is 48.9 Å². The minimum atomic E-state index is -5.08. The van der Waals surface area contributed by atoms with Crippen LogP contribution in [0.2, 0.25) is 0 Å². The van der Waals surface area contributed by atoms with E-state index < -0.39 is 35.0 Å². The zero-order valence-corrected chi connectivity index (χ0v) is 19.5. The molecule has 188 valence electrons. The molecule has 1 aromatic heterocycles. The van der Waals surface area contributed by atoms with Gasteiger partial charge in [-0.25, -0.2) is 4.98 Å². The molecule has 0 spiro atoms. The molecule has 4 aromatic rings. The second-order valence-corrected chi connectivity index (χ2v) is 8.74. The van der Waals surface area contributed by atoms with Gasteiger partial charge in [-0.1, -0.05) is 41.7 Å². The molecule has 0 saturated carbocycles. The van der Waals surface area contributed by atoms with Gasteiger partial charge in [0.15, 0.2) is 5.13 Å². The second-order valence-electron chi connectivity index (χ2n) is 7.73. The number of thiazole rings is 1. The lowest BCUT2D eigenvalue weighted by Crippen LogP contribution is -2.31. The molecule has 0 bridgehead atoms. The summed E-state index contributed by atoms with van der Waals surface area (Å²) >= 11 is 1.08. The van der Waals surface area contributed by atoms with Crippen molar-refractivity contribution in [2.24, 2.45) is 0 Å². The Kier molecular flexibility index (Phi) is 6.94. The first kappa shape index (κ1) is 25.5. The van der Waals surface area contributed by atoms with Crippen molar-refractivity contribution in [2.45, 2.75) is 25.8 Å². The molecule has 0 aliphatic rings. The van der Waals surface area contributed by atoms with E-state index >= 15 is 0 Å². The van der Waals surface area contributed by atoms with Gasteiger partial charge in [0, 0.05) is 5.56 Å². The maximum absolute atomic E-state index is 13.5. The Morgan fingerprint density at radius 1 is 0.917 bits per heavy atom. The van der Waals surface area contributed by atoms with Gasteiger partial charge in [0.2, 0.25) is 0 Å². The fourth-order valence-electron chi connectivity index (χ4n) is 3.49. The molecule has 11 heteroatoms. The van der Waals surface area contributed by atoms with Crippen molar-refractivity contribution >= 4 is 32.6 Å². The highest BCUT2D eigenvalue weighted by Gasteiger charge is 2.38. The van der Waals surface area contributed by atoms with E-state index in [0.29, 0.717) is 40.3 Å². The average Bonchev–Trinajstić information content (AvgIpc) is 3.25. The summed E-state index contributed by atoms with van der Waals surface area (Å²) in [6, 6.07) is 14.4. The van der Waals surface area contributed by atoms with Gasteiger partial charge < -0.3 is 4.74 Å². The maximum Gasteiger partial charge on any atom is 0.416 e. The summed E-state index contributed by atoms with van der Waals surface area (Å²) in [7, 11) is 0. The number of ether oxygens (including phenoxy) is 1. The third-order valence-corrected chi connectivity index (χ3v) is 6.19. The number of hydrogen-bond donors (Lipinski definition) is 0. The lowest BCUT2D eigenvalue weighted by atomic mass is 10.0. The molecule has 3 aromatic carbocycles. The fraction of sp³-hybridized carbons (Fsp3) is 0.200. The lowest BCUT2D eigenvalue weighted by Gasteiger charge is -2.21. The number of carbonyl (C=O) groups excluding carboxylic acids is 1. The molecular formula is C25H18F6N2O2S. The third-order valence-electron chi connectivity index (χ3n) is 5.15. The first-order chi connectivity index (χ1) is 17.0. The van der Waals surface area contributed by atoms with Crippen LogP contribution >= 0.6 is 11.3 Å². The van der Waals surface area contributed by atoms with E-state index in [2.05, 4.69) is 4.98 Å². The number of halogens is 6. The number of nitrogens with zero attached hydrogens (tertiary/aromatic N) is 2. The Bertz CT molecular complexity index is 1350. The molecule has 1 heterocycles. The van der Waals surface area contributed by atoms with Crippen molar-refractivity contribution in [2.75, 3.05) is 11.5 Å². The van der Waals surface area contributed by atoms with Gasteiger partial charge in [0.1, 0.15) is 5.75 Å². The molecule has 0 aliphatic carbocycles. The number of alkyl halides is 6. The topological polar surface area (TPSA) is 42.4 Å². The van der Waals surface area contributed by atoms with E-state index in [0.717, 1.165) is 16.2 Å². The monoisotopic (exact) mass is 524 g/mol. The Balaban J connectivity index is 1.83. The van der Waals surface area contributed by atoms with E-state index in [9.17, 15) is 31.1 Å². The van der Waals surface area contributed by atoms with Crippen LogP contribution in [0.1, 0.15) is 34.0 Å². The zero-order chi connectivity index (χ0) is 26.1. The molecule has 0 fully saturated rings. The van der Waals surface area contributed by atoms with Crippen LogP contribution < -0.4 is 9.64 Å². The van der Waals surface area contributed by atoms with Crippen molar-refractivity contribution < 1.29 is 35.9 Å². The molecule has 0 N–H and O–H groups in total. The quantitative estimate of drug-likeness (QED) is 0.244. The Morgan fingerprint density at radius 2 is 1.56 bits per heavy atom. The summed E-state index contributed by atoms with van der Waals surface area (Å²) in [6.07, 6.45) is -10.2. The van der Waals surface area contributed by atoms with Crippen LogP contribution in [-0.2, 0) is 18.9 Å². The van der Waals surface area contributed by atoms with Crippen LogP contribution in [0.3, 0.4) is 0 Å². The standard InChI is InChI=1S/C25H18F6N2O2S/c1-2-35-19-8-9-20-21(13-19)36-23(32-20)33(14-15-6-4-3-5-7-15)22(34)16-10-17(24(26,27)28)12-18(11-16)25(29,30)31/h3-13H,2,14H2,1H3. The maximum atomic E-state index is 13.5. The van der Waals surface area contributed by atoms with E-state index in [1.54, 1.807) is 48.5 Å². The molecule has 1 amide bonds. The molecule has 0 unspecified atom stereocenters. The highest BCUT2D eigenvalue weighted by atomic mass is 32.1. The van der Waals surface area contributed by atoms with Crippen molar-refractivity contribution in [1.82, 2.24) is 4.98 Å². The predicted octanol–water partition coefficient (Wildman–Crippen LogP) is 7.58. The first-order valence-corrected chi connectivity index (χ1v) is 11.5. The summed E-state index contributed by atoms with van der Waals surface area (Å²) in [5.41, 5.74) is -2.76. The van der Waals surface area contributed by atoms with E-state index in [1.165, 1.54) is 0 Å². The minimum absolute atomic E-state index is 0.00867. The lowest BCUT2D eigenvalue weighted by molar-refractivity contribution is -0.143. The predicted molar refractivity (Wildman–Crippen MR) is 124 cm³/mol. The number of rotatable bonds is 6. The van der Waals surface area contributed by atoms with Crippen LogP contribution in [0, 0.1) is 0 Å². The largest absolute Gasteiger partial charge is 0.494 e. The minimum Gasteiger partial charge on any atom is -0.494 e. The van der Waals surface area contributed by atoms with Gasteiger partial charge in [-0.15, -0.1) is 0 Å². The van der Waals surface area contributed by atoms with Crippen molar-refractivity contribution in [3.8, 4) is 5.75 Å². The number of aromatic nitrogens is 1. The fourth-order valence-corrected chi connectivity index (χ4v) is 4.48. The number of anilines is 1. The van der Waals surface area contributed by atoms with Crippen molar-refractivity contribution in [3.63, 3.8) is 0 Å². The van der Waals surface area contributed by atoms with Gasteiger partial charge in [0.25, 0.3) is 5.91 Å². The Morgan fingerprint density at radius 3 is 2.14 bits per heavy atom. The Hall–Kier alpha value is -3.60. The second kappa shape index (κ2) is 9.81. The summed E-state index contributed by atoms with van der Waals surface area (Å²) in [6.45, 7) is 2.12. The molecule has 0 atom stereocenters. The summed E-state index contributed by atoms with van der Waals surface area (Å²) in [4.78, 5) is 19.0. The highest BCUT2D eigenvalue weighted by Crippen LogP contribution is 2.38. The van der Waals surface area contributed by atoms with Gasteiger partial charge >= 0.3 is 12.4 Å². The zero-order valence-electron chi connectivity index (χ0n) is 18.7. The van der Waals surface area contributed by atoms with E-state index in [4.69, 9.17) is 4.74 Å². The number of carbonyl (C=O) groups is 1. The molecular weight excluding hydrogens is 506 g/mol. The van der Waals surface area contributed by atoms with Gasteiger partial charge in [-0.2, -0.15) is 26.3 Å². The number of fused-ring (bicyclic) bond motifs is 1. The van der Waals surface area contributed by atoms with Crippen LogP contribution in [0.15, 0.2) is 66.7 Å². The van der Waals surface area contributed by atoms with E-state index in [1.807, 2.05) is 6.92 Å².